The van der Waals surface area contributed by atoms with E-state index in [1.807, 2.05) is 0 Å². The summed E-state index contributed by atoms with van der Waals surface area (Å²) in [6.07, 6.45) is 0. The Hall–Kier alpha value is -1.75. The molecule has 0 aliphatic carbocycles. The smallest absolute Gasteiger partial charge is 0.262 e. The Bertz CT molecular complexity index is 647. The summed E-state index contributed by atoms with van der Waals surface area (Å²) in [6, 6.07) is 11.7. The van der Waals surface area contributed by atoms with Crippen molar-refractivity contribution >= 4 is 34.8 Å². The lowest BCUT2D eigenvalue weighted by molar-refractivity contribution is -0.118. The molecule has 0 spiro atoms. The van der Waals surface area contributed by atoms with Gasteiger partial charge in [-0.3, -0.25) is 4.79 Å². The van der Waals surface area contributed by atoms with Crippen LogP contribution in [0.1, 0.15) is 5.56 Å². The van der Waals surface area contributed by atoms with Crippen molar-refractivity contribution in [3.8, 4) is 5.75 Å². The van der Waals surface area contributed by atoms with E-state index < -0.39 is 0 Å². The van der Waals surface area contributed by atoms with Crippen LogP contribution in [0.5, 0.6) is 5.75 Å². The highest BCUT2D eigenvalue weighted by molar-refractivity contribution is 6.34. The summed E-state index contributed by atoms with van der Waals surface area (Å²) in [7, 11) is 0. The SMILES string of the molecule is O=C(COc1cc(Cl)ccc1Cl)Nc1ccccc1CO. The maximum Gasteiger partial charge on any atom is 0.262 e. The Labute approximate surface area is 132 Å². The van der Waals surface area contributed by atoms with Crippen LogP contribution in [-0.4, -0.2) is 17.6 Å². The molecule has 0 heterocycles. The number of para-hydroxylation sites is 1. The van der Waals surface area contributed by atoms with E-state index in [-0.39, 0.29) is 19.1 Å². The van der Waals surface area contributed by atoms with Crippen molar-refractivity contribution in [1.82, 2.24) is 0 Å². The molecule has 2 rings (SSSR count). The lowest BCUT2D eigenvalue weighted by Crippen LogP contribution is -2.21. The average molecular weight is 326 g/mol. The van der Waals surface area contributed by atoms with Gasteiger partial charge in [0.2, 0.25) is 0 Å². The first kappa shape index (κ1) is 15.6. The van der Waals surface area contributed by atoms with Gasteiger partial charge in [-0.15, -0.1) is 0 Å². The quantitative estimate of drug-likeness (QED) is 0.884. The minimum atomic E-state index is -0.355. The van der Waals surface area contributed by atoms with Gasteiger partial charge in [-0.05, 0) is 18.2 Å². The molecule has 2 N–H and O–H groups in total. The Morgan fingerprint density at radius 2 is 1.95 bits per heavy atom. The molecule has 6 heteroatoms. The summed E-state index contributed by atoms with van der Waals surface area (Å²) in [5, 5.41) is 12.7. The standard InChI is InChI=1S/C15H13Cl2NO3/c16-11-5-6-12(17)14(7-11)21-9-15(20)18-13-4-2-1-3-10(13)8-19/h1-7,19H,8-9H2,(H,18,20). The second kappa shape index (κ2) is 7.31. The molecular formula is C15H13Cl2NO3. The topological polar surface area (TPSA) is 58.6 Å². The highest BCUT2D eigenvalue weighted by Crippen LogP contribution is 2.27. The summed E-state index contributed by atoms with van der Waals surface area (Å²) >= 11 is 11.8. The highest BCUT2D eigenvalue weighted by atomic mass is 35.5. The first-order valence-corrected chi connectivity index (χ1v) is 6.92. The van der Waals surface area contributed by atoms with Crippen molar-refractivity contribution in [2.24, 2.45) is 0 Å². The Morgan fingerprint density at radius 1 is 1.19 bits per heavy atom. The van der Waals surface area contributed by atoms with Crippen molar-refractivity contribution < 1.29 is 14.6 Å². The lowest BCUT2D eigenvalue weighted by Gasteiger charge is -2.11. The fraction of sp³-hybridized carbons (Fsp3) is 0.133. The van der Waals surface area contributed by atoms with Crippen molar-refractivity contribution in [2.75, 3.05) is 11.9 Å². The molecule has 0 radical (unpaired) electrons. The molecule has 2 aromatic rings. The minimum Gasteiger partial charge on any atom is -0.482 e. The van der Waals surface area contributed by atoms with Crippen LogP contribution in [0.4, 0.5) is 5.69 Å². The summed E-state index contributed by atoms with van der Waals surface area (Å²) in [5.41, 5.74) is 1.18. The van der Waals surface area contributed by atoms with Gasteiger partial charge in [0, 0.05) is 22.3 Å². The molecule has 0 aliphatic rings. The Kier molecular flexibility index (Phi) is 5.44. The number of hydrogen-bond donors (Lipinski definition) is 2. The number of ether oxygens (including phenoxy) is 1. The number of carbonyl (C=O) groups excluding carboxylic acids is 1. The van der Waals surface area contributed by atoms with E-state index in [1.165, 1.54) is 0 Å². The van der Waals surface area contributed by atoms with Crippen molar-refractivity contribution in [3.05, 3.63) is 58.1 Å². The van der Waals surface area contributed by atoms with E-state index in [1.54, 1.807) is 42.5 Å². The van der Waals surface area contributed by atoms with Gasteiger partial charge in [0.05, 0.1) is 11.6 Å². The number of amides is 1. The molecule has 21 heavy (non-hydrogen) atoms. The van der Waals surface area contributed by atoms with Crippen LogP contribution in [0.25, 0.3) is 0 Å². The van der Waals surface area contributed by atoms with Crippen molar-refractivity contribution in [3.63, 3.8) is 0 Å². The van der Waals surface area contributed by atoms with Gasteiger partial charge in [-0.2, -0.15) is 0 Å². The van der Waals surface area contributed by atoms with Crippen molar-refractivity contribution in [2.45, 2.75) is 6.61 Å². The molecule has 4 nitrogen and oxygen atoms in total. The summed E-state index contributed by atoms with van der Waals surface area (Å²) in [4.78, 5) is 11.9. The predicted molar refractivity (Wildman–Crippen MR) is 83.0 cm³/mol. The number of rotatable bonds is 5. The largest absolute Gasteiger partial charge is 0.482 e. The minimum absolute atomic E-state index is 0.155. The van der Waals surface area contributed by atoms with Gasteiger partial charge >= 0.3 is 0 Å². The zero-order chi connectivity index (χ0) is 15.2. The van der Waals surface area contributed by atoms with E-state index in [0.29, 0.717) is 27.0 Å². The molecule has 110 valence electrons. The van der Waals surface area contributed by atoms with E-state index in [9.17, 15) is 9.90 Å². The van der Waals surface area contributed by atoms with E-state index in [4.69, 9.17) is 27.9 Å². The van der Waals surface area contributed by atoms with Gasteiger partial charge in [0.1, 0.15) is 5.75 Å². The molecular weight excluding hydrogens is 313 g/mol. The van der Waals surface area contributed by atoms with Crippen LogP contribution in [0.2, 0.25) is 10.0 Å². The zero-order valence-electron chi connectivity index (χ0n) is 11.0. The van der Waals surface area contributed by atoms with Gasteiger partial charge in [-0.25, -0.2) is 0 Å². The van der Waals surface area contributed by atoms with Crippen LogP contribution in [-0.2, 0) is 11.4 Å². The maximum absolute atomic E-state index is 11.9. The third kappa shape index (κ3) is 4.36. The lowest BCUT2D eigenvalue weighted by atomic mass is 10.2. The van der Waals surface area contributed by atoms with Gasteiger partial charge in [0.25, 0.3) is 5.91 Å². The van der Waals surface area contributed by atoms with Gasteiger partial charge < -0.3 is 15.2 Å². The molecule has 0 saturated carbocycles. The van der Waals surface area contributed by atoms with E-state index in [0.717, 1.165) is 0 Å². The number of hydrogen-bond acceptors (Lipinski definition) is 3. The number of halogens is 2. The van der Waals surface area contributed by atoms with Crippen LogP contribution in [0.15, 0.2) is 42.5 Å². The maximum atomic E-state index is 11.9. The molecule has 0 aromatic heterocycles. The fourth-order valence-electron chi connectivity index (χ4n) is 1.70. The van der Waals surface area contributed by atoms with Crippen LogP contribution in [0, 0.1) is 0 Å². The van der Waals surface area contributed by atoms with Gasteiger partial charge in [0.15, 0.2) is 6.61 Å². The summed E-state index contributed by atoms with van der Waals surface area (Å²) in [5.74, 6) is -0.0123. The molecule has 0 fully saturated rings. The number of nitrogens with one attached hydrogen (secondary N) is 1. The van der Waals surface area contributed by atoms with E-state index >= 15 is 0 Å². The summed E-state index contributed by atoms with van der Waals surface area (Å²) < 4.78 is 5.33. The van der Waals surface area contributed by atoms with E-state index in [2.05, 4.69) is 5.32 Å². The third-order valence-corrected chi connectivity index (χ3v) is 3.26. The monoisotopic (exact) mass is 325 g/mol. The molecule has 2 aromatic carbocycles. The van der Waals surface area contributed by atoms with Crippen LogP contribution >= 0.6 is 23.2 Å². The number of anilines is 1. The zero-order valence-corrected chi connectivity index (χ0v) is 12.5. The highest BCUT2D eigenvalue weighted by Gasteiger charge is 2.09. The Balaban J connectivity index is 1.97. The van der Waals surface area contributed by atoms with Crippen LogP contribution < -0.4 is 10.1 Å². The molecule has 0 atom stereocenters. The van der Waals surface area contributed by atoms with Crippen LogP contribution in [0.3, 0.4) is 0 Å². The second-order valence-corrected chi connectivity index (χ2v) is 5.07. The predicted octanol–water partition coefficient (Wildman–Crippen LogP) is 3.50. The molecule has 0 saturated heterocycles. The summed E-state index contributed by atoms with van der Waals surface area (Å²) in [6.45, 7) is -0.364. The number of aliphatic hydroxyl groups is 1. The Morgan fingerprint density at radius 3 is 2.71 bits per heavy atom. The number of carbonyl (C=O) groups is 1. The average Bonchev–Trinajstić information content (AvgIpc) is 2.49. The first-order valence-electron chi connectivity index (χ1n) is 6.16. The number of aliphatic hydroxyl groups excluding tert-OH is 1. The molecule has 1 amide bonds. The first-order chi connectivity index (χ1) is 10.1. The fourth-order valence-corrected chi connectivity index (χ4v) is 2.03. The molecule has 0 unspecified atom stereocenters. The molecule has 0 aliphatic heterocycles. The second-order valence-electron chi connectivity index (χ2n) is 4.23. The number of benzene rings is 2. The third-order valence-electron chi connectivity index (χ3n) is 2.71. The van der Waals surface area contributed by atoms with Crippen molar-refractivity contribution in [1.29, 1.82) is 0 Å². The normalized spacial score (nSPS) is 10.2. The van der Waals surface area contributed by atoms with Gasteiger partial charge in [-0.1, -0.05) is 41.4 Å². The molecule has 0 bridgehead atoms.